The number of carboxylic acid groups (broad SMARTS) is 1. The van der Waals surface area contributed by atoms with E-state index in [1.807, 2.05) is 18.2 Å². The van der Waals surface area contributed by atoms with Gasteiger partial charge in [-0.25, -0.2) is 4.79 Å². The van der Waals surface area contributed by atoms with Crippen LogP contribution in [0.1, 0.15) is 51.3 Å². The molecule has 282 valence electrons. The molecule has 0 aliphatic heterocycles. The molecule has 0 radical (unpaired) electrons. The van der Waals surface area contributed by atoms with Gasteiger partial charge in [0, 0.05) is 23.1 Å². The lowest BCUT2D eigenvalue weighted by Gasteiger charge is -2.35. The number of phenolic OH excluding ortho intramolecular Hbond substituents is 1. The summed E-state index contributed by atoms with van der Waals surface area (Å²) in [6, 6.07) is 16.3. The first kappa shape index (κ1) is 41.8. The van der Waals surface area contributed by atoms with Gasteiger partial charge in [-0.3, -0.25) is 19.7 Å². The number of carbonyl (C=O) groups excluding carboxylic acids is 3. The molecule has 3 rings (SSSR count). The zero-order chi connectivity index (χ0) is 38.6. The van der Waals surface area contributed by atoms with Crippen molar-refractivity contribution < 1.29 is 39.2 Å². The van der Waals surface area contributed by atoms with Crippen LogP contribution in [0.4, 0.5) is 4.79 Å². The summed E-state index contributed by atoms with van der Waals surface area (Å²) in [6.45, 7) is 8.76. The molecule has 4 amide bonds. The first-order valence-electron chi connectivity index (χ1n) is 16.9. The van der Waals surface area contributed by atoms with Crippen molar-refractivity contribution in [3.05, 3.63) is 94.0 Å². The number of ether oxygens (including phenoxy) is 1. The van der Waals surface area contributed by atoms with Gasteiger partial charge in [-0.05, 0) is 59.2 Å². The molecule has 0 fully saturated rings. The number of aliphatic hydroxyl groups is 1. The summed E-state index contributed by atoms with van der Waals surface area (Å²) in [7, 11) is 1.55. The Labute approximate surface area is 313 Å². The van der Waals surface area contributed by atoms with Crippen molar-refractivity contribution in [2.75, 3.05) is 7.11 Å². The minimum Gasteiger partial charge on any atom is -0.508 e. The van der Waals surface area contributed by atoms with Crippen molar-refractivity contribution in [2.45, 2.75) is 84.4 Å². The van der Waals surface area contributed by atoms with Crippen LogP contribution in [0.15, 0.2) is 77.3 Å². The summed E-state index contributed by atoms with van der Waals surface area (Å²) in [5.74, 6) is -1.64. The van der Waals surface area contributed by atoms with Gasteiger partial charge < -0.3 is 41.3 Å². The fraction of sp³-hybridized carbons (Fsp3) is 0.421. The number of benzene rings is 3. The summed E-state index contributed by atoms with van der Waals surface area (Å²) in [5.41, 5.74) is 1.14. The molecule has 8 N–H and O–H groups in total. The molecule has 3 aromatic rings. The molecule has 5 atom stereocenters. The third-order valence-corrected chi connectivity index (χ3v) is 8.98. The van der Waals surface area contributed by atoms with Crippen LogP contribution in [0.5, 0.6) is 11.5 Å². The van der Waals surface area contributed by atoms with Gasteiger partial charge in [0.2, 0.25) is 17.7 Å². The lowest BCUT2D eigenvalue weighted by Crippen LogP contribution is -2.63. The number of carbonyl (C=O) groups is 4. The van der Waals surface area contributed by atoms with E-state index in [2.05, 4.69) is 42.5 Å². The van der Waals surface area contributed by atoms with Gasteiger partial charge in [0.05, 0.1) is 19.3 Å². The number of amides is 4. The van der Waals surface area contributed by atoms with E-state index >= 15 is 0 Å². The number of halogens is 1. The van der Waals surface area contributed by atoms with Gasteiger partial charge in [-0.2, -0.15) is 0 Å². The number of aromatic hydroxyl groups is 1. The highest BCUT2D eigenvalue weighted by molar-refractivity contribution is 9.10. The summed E-state index contributed by atoms with van der Waals surface area (Å²) >= 11 is 3.36. The van der Waals surface area contributed by atoms with Crippen LogP contribution in [0.25, 0.3) is 0 Å². The fourth-order valence-corrected chi connectivity index (χ4v) is 5.94. The number of phenols is 1. The van der Waals surface area contributed by atoms with Crippen molar-refractivity contribution in [3.8, 4) is 11.5 Å². The Bertz CT molecular complexity index is 1650. The fourth-order valence-electron chi connectivity index (χ4n) is 5.53. The third kappa shape index (κ3) is 12.5. The lowest BCUT2D eigenvalue weighted by molar-refractivity contribution is -0.134. The molecule has 0 aliphatic carbocycles. The maximum Gasteiger partial charge on any atom is 0.405 e. The van der Waals surface area contributed by atoms with Gasteiger partial charge in [0.15, 0.2) is 0 Å². The molecule has 13 nitrogen and oxygen atoms in total. The number of hydrogen-bond acceptors (Lipinski definition) is 8. The molecule has 0 heterocycles. The maximum atomic E-state index is 14.2. The Morgan fingerprint density at radius 3 is 2.04 bits per heavy atom. The van der Waals surface area contributed by atoms with Crippen LogP contribution in [0.2, 0.25) is 0 Å². The van der Waals surface area contributed by atoms with Gasteiger partial charge >= 0.3 is 6.09 Å². The Morgan fingerprint density at radius 2 is 1.46 bits per heavy atom. The maximum absolute atomic E-state index is 14.2. The van der Waals surface area contributed by atoms with E-state index in [1.54, 1.807) is 90.3 Å². The van der Waals surface area contributed by atoms with Gasteiger partial charge in [-0.1, -0.05) is 93.0 Å². The molecule has 0 unspecified atom stereocenters. The number of rotatable bonds is 17. The highest BCUT2D eigenvalue weighted by atomic mass is 79.9. The number of hydrogen-bond donors (Lipinski definition) is 8. The van der Waals surface area contributed by atoms with Crippen molar-refractivity contribution in [1.82, 2.24) is 26.6 Å². The van der Waals surface area contributed by atoms with Crippen LogP contribution in [0, 0.1) is 11.3 Å². The van der Waals surface area contributed by atoms with Crippen LogP contribution < -0.4 is 31.3 Å². The predicted molar refractivity (Wildman–Crippen MR) is 201 cm³/mol. The molecule has 0 aliphatic rings. The van der Waals surface area contributed by atoms with Crippen LogP contribution in [0.3, 0.4) is 0 Å². The SMILES string of the molecule is COc1ccc(CN[C@@H](C(=O)N[C@H](C(=O)NCc2cc(Br)ccc2O)C(C)C)[C@H](O)[C@H](Cc2ccccc2)NC(=O)[C@@H](NC(=O)O)C(C)(C)C)cc1. The van der Waals surface area contributed by atoms with E-state index in [4.69, 9.17) is 4.74 Å². The summed E-state index contributed by atoms with van der Waals surface area (Å²) < 4.78 is 5.97. The second kappa shape index (κ2) is 19.3. The number of methoxy groups -OCH3 is 1. The van der Waals surface area contributed by atoms with Gasteiger partial charge in [0.25, 0.3) is 0 Å². The topological polar surface area (TPSA) is 198 Å². The average Bonchev–Trinajstić information content (AvgIpc) is 3.09. The monoisotopic (exact) mass is 783 g/mol. The summed E-state index contributed by atoms with van der Waals surface area (Å²) in [4.78, 5) is 53.0. The van der Waals surface area contributed by atoms with E-state index in [-0.39, 0.29) is 31.2 Å². The second-order valence-corrected chi connectivity index (χ2v) is 14.9. The smallest absolute Gasteiger partial charge is 0.405 e. The minimum atomic E-state index is -1.57. The summed E-state index contributed by atoms with van der Waals surface area (Å²) in [6.07, 6.45) is -2.86. The Balaban J connectivity index is 1.96. The van der Waals surface area contributed by atoms with E-state index in [0.29, 0.717) is 15.8 Å². The van der Waals surface area contributed by atoms with E-state index in [1.165, 1.54) is 6.07 Å². The van der Waals surface area contributed by atoms with Crippen LogP contribution >= 0.6 is 15.9 Å². The summed E-state index contributed by atoms with van der Waals surface area (Å²) in [5, 5.41) is 45.6. The van der Waals surface area contributed by atoms with Crippen molar-refractivity contribution in [3.63, 3.8) is 0 Å². The molecular weight excluding hydrogens is 734 g/mol. The Kier molecular flexibility index (Phi) is 15.5. The van der Waals surface area contributed by atoms with Crippen molar-refractivity contribution in [2.24, 2.45) is 11.3 Å². The lowest BCUT2D eigenvalue weighted by atomic mass is 9.85. The predicted octanol–water partition coefficient (Wildman–Crippen LogP) is 3.85. The zero-order valence-electron chi connectivity index (χ0n) is 30.3. The number of aliphatic hydroxyl groups excluding tert-OH is 1. The van der Waals surface area contributed by atoms with E-state index in [9.17, 15) is 34.5 Å². The first-order valence-corrected chi connectivity index (χ1v) is 17.7. The minimum absolute atomic E-state index is 0.00156. The Morgan fingerprint density at radius 1 is 0.808 bits per heavy atom. The third-order valence-electron chi connectivity index (χ3n) is 8.49. The van der Waals surface area contributed by atoms with Gasteiger partial charge in [-0.15, -0.1) is 0 Å². The first-order chi connectivity index (χ1) is 24.5. The molecule has 52 heavy (non-hydrogen) atoms. The Hall–Kier alpha value is -4.66. The molecule has 0 spiro atoms. The van der Waals surface area contributed by atoms with Crippen LogP contribution in [-0.2, 0) is 33.9 Å². The molecule has 0 saturated heterocycles. The van der Waals surface area contributed by atoms with E-state index < -0.39 is 59.5 Å². The quantitative estimate of drug-likeness (QED) is 0.100. The van der Waals surface area contributed by atoms with Gasteiger partial charge in [0.1, 0.15) is 29.6 Å². The second-order valence-electron chi connectivity index (χ2n) is 14.0. The largest absolute Gasteiger partial charge is 0.508 e. The molecule has 0 saturated carbocycles. The van der Waals surface area contributed by atoms with E-state index in [0.717, 1.165) is 11.1 Å². The molecule has 0 aromatic heterocycles. The highest BCUT2D eigenvalue weighted by Crippen LogP contribution is 2.23. The molecule has 0 bridgehead atoms. The molecule has 3 aromatic carbocycles. The molecular formula is C38H50BrN5O8. The standard InChI is InChI=1S/C38H50BrN5O8/c1-22(2)30(34(47)41-21-25-19-26(39)14-17-29(25)45)43-35(48)31(40-20-24-12-15-27(52-6)16-13-24)32(46)28(18-23-10-8-7-9-11-23)42-36(49)33(38(3,4)5)44-37(50)51/h7-17,19,22,28,30-33,40,44-46H,18,20-21H2,1-6H3,(H,41,47)(H,42,49)(H,43,48)(H,50,51)/t28-,30-,31+,32+,33+/m0/s1. The normalized spacial score (nSPS) is 14.3. The molecule has 14 heteroatoms. The van der Waals surface area contributed by atoms with Crippen molar-refractivity contribution in [1.29, 1.82) is 0 Å². The average molecular weight is 785 g/mol. The zero-order valence-corrected chi connectivity index (χ0v) is 31.9. The number of nitrogens with one attached hydrogen (secondary N) is 5. The van der Waals surface area contributed by atoms with Crippen LogP contribution in [-0.4, -0.2) is 76.5 Å². The highest BCUT2D eigenvalue weighted by Gasteiger charge is 2.39. The van der Waals surface area contributed by atoms with Crippen molar-refractivity contribution >= 4 is 39.7 Å².